The lowest BCUT2D eigenvalue weighted by Crippen LogP contribution is -2.09. The van der Waals surface area contributed by atoms with Crippen molar-refractivity contribution in [1.82, 2.24) is 0 Å². The summed E-state index contributed by atoms with van der Waals surface area (Å²) in [7, 11) is 0. The largest absolute Gasteiger partial charge is 0.506 e. The van der Waals surface area contributed by atoms with E-state index in [1.54, 1.807) is 12.1 Å². The van der Waals surface area contributed by atoms with Gasteiger partial charge in [-0.1, -0.05) is 18.2 Å². The van der Waals surface area contributed by atoms with Crippen LogP contribution >= 0.6 is 28.3 Å². The molecular formula is C10H13BrClNO. The SMILES string of the molecule is C=CC[C@H](N)c1cccc(Br)c1O.Cl. The zero-order valence-corrected chi connectivity index (χ0v) is 10.0. The molecule has 0 radical (unpaired) electrons. The predicted octanol–water partition coefficient (Wildman–Crippen LogP) is 3.15. The molecule has 0 aliphatic carbocycles. The molecule has 1 rings (SSSR count). The Hall–Kier alpha value is -0.510. The molecule has 4 heteroatoms. The first-order chi connectivity index (χ1) is 6.16. The number of benzene rings is 1. The molecule has 0 aliphatic heterocycles. The summed E-state index contributed by atoms with van der Waals surface area (Å²) in [6.07, 6.45) is 2.40. The van der Waals surface area contributed by atoms with Crippen LogP contribution in [0.3, 0.4) is 0 Å². The van der Waals surface area contributed by atoms with Gasteiger partial charge in [0.15, 0.2) is 0 Å². The predicted molar refractivity (Wildman–Crippen MR) is 64.8 cm³/mol. The Kier molecular flexibility index (Phi) is 5.84. The Morgan fingerprint density at radius 2 is 2.21 bits per heavy atom. The maximum atomic E-state index is 9.63. The molecule has 1 aromatic rings. The molecule has 3 N–H and O–H groups in total. The minimum Gasteiger partial charge on any atom is -0.506 e. The van der Waals surface area contributed by atoms with Gasteiger partial charge in [-0.2, -0.15) is 0 Å². The molecule has 0 bridgehead atoms. The Balaban J connectivity index is 0.00000169. The van der Waals surface area contributed by atoms with Gasteiger partial charge < -0.3 is 10.8 Å². The van der Waals surface area contributed by atoms with Crippen molar-refractivity contribution in [3.05, 3.63) is 40.9 Å². The van der Waals surface area contributed by atoms with Gasteiger partial charge in [0.1, 0.15) is 5.75 Å². The van der Waals surface area contributed by atoms with Crippen molar-refractivity contribution < 1.29 is 5.11 Å². The van der Waals surface area contributed by atoms with Crippen molar-refractivity contribution in [1.29, 1.82) is 0 Å². The number of para-hydroxylation sites is 1. The minimum atomic E-state index is -0.185. The molecular weight excluding hydrogens is 265 g/mol. The molecule has 0 spiro atoms. The van der Waals surface area contributed by atoms with Crippen molar-refractivity contribution in [3.63, 3.8) is 0 Å². The van der Waals surface area contributed by atoms with Crippen LogP contribution in [0.15, 0.2) is 35.3 Å². The van der Waals surface area contributed by atoms with Gasteiger partial charge in [0.05, 0.1) is 4.47 Å². The highest BCUT2D eigenvalue weighted by Crippen LogP contribution is 2.31. The van der Waals surface area contributed by atoms with Gasteiger partial charge in [-0.3, -0.25) is 0 Å². The van der Waals surface area contributed by atoms with Crippen LogP contribution in [0.2, 0.25) is 0 Å². The normalized spacial score (nSPS) is 11.6. The van der Waals surface area contributed by atoms with Gasteiger partial charge in [-0.15, -0.1) is 19.0 Å². The molecule has 0 unspecified atom stereocenters. The molecule has 1 aromatic carbocycles. The van der Waals surface area contributed by atoms with Crippen molar-refractivity contribution in [2.45, 2.75) is 12.5 Å². The molecule has 0 aromatic heterocycles. The van der Waals surface area contributed by atoms with Crippen LogP contribution in [0, 0.1) is 0 Å². The van der Waals surface area contributed by atoms with E-state index in [9.17, 15) is 5.11 Å². The number of rotatable bonds is 3. The van der Waals surface area contributed by atoms with Gasteiger partial charge in [0.25, 0.3) is 0 Å². The average molecular weight is 279 g/mol. The molecule has 2 nitrogen and oxygen atoms in total. The first kappa shape index (κ1) is 13.5. The first-order valence-electron chi connectivity index (χ1n) is 4.00. The highest BCUT2D eigenvalue weighted by Gasteiger charge is 2.10. The first-order valence-corrected chi connectivity index (χ1v) is 4.80. The summed E-state index contributed by atoms with van der Waals surface area (Å²) in [6, 6.07) is 5.26. The molecule has 78 valence electrons. The van der Waals surface area contributed by atoms with Gasteiger partial charge in [-0.25, -0.2) is 0 Å². The monoisotopic (exact) mass is 277 g/mol. The lowest BCUT2D eigenvalue weighted by molar-refractivity contribution is 0.458. The molecule has 0 heterocycles. The standard InChI is InChI=1S/C10H12BrNO.ClH/c1-2-4-9(12)7-5-3-6-8(11)10(7)13;/h2-3,5-6,9,13H,1,4,12H2;1H/t9-;/m0./s1. The summed E-state index contributed by atoms with van der Waals surface area (Å²) in [6.45, 7) is 3.60. The fourth-order valence-corrected chi connectivity index (χ4v) is 1.52. The summed E-state index contributed by atoms with van der Waals surface area (Å²) < 4.78 is 0.671. The van der Waals surface area contributed by atoms with Crippen molar-refractivity contribution in [3.8, 4) is 5.75 Å². The van der Waals surface area contributed by atoms with E-state index in [0.717, 1.165) is 5.56 Å². The van der Waals surface area contributed by atoms with Gasteiger partial charge >= 0.3 is 0 Å². The van der Waals surface area contributed by atoms with Crippen LogP contribution in [-0.2, 0) is 0 Å². The van der Waals surface area contributed by atoms with E-state index < -0.39 is 0 Å². The van der Waals surface area contributed by atoms with E-state index in [0.29, 0.717) is 10.9 Å². The third-order valence-electron chi connectivity index (χ3n) is 1.84. The molecule has 0 aliphatic rings. The number of phenolic OH excluding ortho intramolecular Hbond substituents is 1. The molecule has 1 atom stereocenters. The fourth-order valence-electron chi connectivity index (χ4n) is 1.14. The number of hydrogen-bond acceptors (Lipinski definition) is 2. The Morgan fingerprint density at radius 3 is 2.79 bits per heavy atom. The number of hydrogen-bond donors (Lipinski definition) is 2. The van der Waals surface area contributed by atoms with Crippen molar-refractivity contribution >= 4 is 28.3 Å². The summed E-state index contributed by atoms with van der Waals surface area (Å²) >= 11 is 3.23. The summed E-state index contributed by atoms with van der Waals surface area (Å²) in [5, 5.41) is 9.63. The minimum absolute atomic E-state index is 0. The van der Waals surface area contributed by atoms with E-state index in [-0.39, 0.29) is 24.2 Å². The lowest BCUT2D eigenvalue weighted by atomic mass is 10.0. The summed E-state index contributed by atoms with van der Waals surface area (Å²) in [5.74, 6) is 0.219. The van der Waals surface area contributed by atoms with Crippen LogP contribution in [0.5, 0.6) is 5.75 Å². The zero-order chi connectivity index (χ0) is 9.84. The van der Waals surface area contributed by atoms with E-state index in [1.807, 2.05) is 12.1 Å². The fraction of sp³-hybridized carbons (Fsp3) is 0.200. The van der Waals surface area contributed by atoms with Gasteiger partial charge in [0.2, 0.25) is 0 Å². The van der Waals surface area contributed by atoms with Crippen LogP contribution < -0.4 is 5.73 Å². The van der Waals surface area contributed by atoms with Gasteiger partial charge in [0, 0.05) is 11.6 Å². The highest BCUT2D eigenvalue weighted by atomic mass is 79.9. The molecule has 14 heavy (non-hydrogen) atoms. The van der Waals surface area contributed by atoms with Crippen LogP contribution in [0.4, 0.5) is 0 Å². The van der Waals surface area contributed by atoms with E-state index in [2.05, 4.69) is 22.5 Å². The number of nitrogens with two attached hydrogens (primary N) is 1. The second kappa shape index (κ2) is 6.06. The second-order valence-electron chi connectivity index (χ2n) is 2.81. The average Bonchev–Trinajstić information content (AvgIpc) is 2.10. The Morgan fingerprint density at radius 1 is 1.57 bits per heavy atom. The Labute approximate surface area is 98.4 Å². The molecule has 0 saturated carbocycles. The van der Waals surface area contributed by atoms with Crippen molar-refractivity contribution in [2.24, 2.45) is 5.73 Å². The topological polar surface area (TPSA) is 46.2 Å². The maximum absolute atomic E-state index is 9.63. The van der Waals surface area contributed by atoms with Gasteiger partial charge in [-0.05, 0) is 28.4 Å². The quantitative estimate of drug-likeness (QED) is 0.834. The lowest BCUT2D eigenvalue weighted by Gasteiger charge is -2.11. The molecule has 0 saturated heterocycles. The third kappa shape index (κ3) is 3.01. The number of halogens is 2. The van der Waals surface area contributed by atoms with Crippen molar-refractivity contribution in [2.75, 3.05) is 0 Å². The molecule has 0 amide bonds. The number of aromatic hydroxyl groups is 1. The van der Waals surface area contributed by atoms with E-state index in [1.165, 1.54) is 0 Å². The third-order valence-corrected chi connectivity index (χ3v) is 2.48. The number of phenols is 1. The van der Waals surface area contributed by atoms with Crippen LogP contribution in [-0.4, -0.2) is 5.11 Å². The Bertz CT molecular complexity index is 317. The molecule has 0 fully saturated rings. The van der Waals surface area contributed by atoms with Crippen LogP contribution in [0.25, 0.3) is 0 Å². The summed E-state index contributed by atoms with van der Waals surface area (Å²) in [4.78, 5) is 0. The maximum Gasteiger partial charge on any atom is 0.134 e. The highest BCUT2D eigenvalue weighted by molar-refractivity contribution is 9.10. The smallest absolute Gasteiger partial charge is 0.134 e. The van der Waals surface area contributed by atoms with E-state index in [4.69, 9.17) is 5.73 Å². The van der Waals surface area contributed by atoms with Crippen LogP contribution in [0.1, 0.15) is 18.0 Å². The zero-order valence-electron chi connectivity index (χ0n) is 7.61. The second-order valence-corrected chi connectivity index (χ2v) is 3.66. The van der Waals surface area contributed by atoms with E-state index >= 15 is 0 Å². The summed E-state index contributed by atoms with van der Waals surface area (Å²) in [5.41, 5.74) is 6.57.